The van der Waals surface area contributed by atoms with Gasteiger partial charge in [0, 0.05) is 18.8 Å². The summed E-state index contributed by atoms with van der Waals surface area (Å²) in [7, 11) is 4.11. The van der Waals surface area contributed by atoms with Crippen LogP contribution in [-0.2, 0) is 11.3 Å². The van der Waals surface area contributed by atoms with Crippen LogP contribution in [-0.4, -0.2) is 54.5 Å². The third-order valence-electron chi connectivity index (χ3n) is 5.82. The molecule has 3 amide bonds. The molecule has 0 spiro atoms. The zero-order valence-corrected chi connectivity index (χ0v) is 16.4. The number of hydrogen-bond donors (Lipinski definition) is 1. The predicted octanol–water partition coefficient (Wildman–Crippen LogP) is 2.68. The molecule has 0 aromatic heterocycles. The molecule has 6 nitrogen and oxygen atoms in total. The lowest BCUT2D eigenvalue weighted by Crippen LogP contribution is -2.52. The van der Waals surface area contributed by atoms with Crippen molar-refractivity contribution in [3.05, 3.63) is 54.1 Å². The smallest absolute Gasteiger partial charge is 0.325 e. The Labute approximate surface area is 165 Å². The summed E-state index contributed by atoms with van der Waals surface area (Å²) in [6, 6.07) is 16.2. The van der Waals surface area contributed by atoms with Crippen LogP contribution in [0.3, 0.4) is 0 Å². The number of rotatable bonds is 5. The number of anilines is 1. The summed E-state index contributed by atoms with van der Waals surface area (Å²) < 4.78 is 0. The van der Waals surface area contributed by atoms with Gasteiger partial charge in [-0.2, -0.15) is 0 Å². The number of carbonyl (C=O) groups excluding carboxylic acids is 2. The van der Waals surface area contributed by atoms with Crippen molar-refractivity contribution in [2.24, 2.45) is 5.73 Å². The Morgan fingerprint density at radius 2 is 1.86 bits per heavy atom. The van der Waals surface area contributed by atoms with Crippen LogP contribution in [0.25, 0.3) is 11.1 Å². The molecular weight excluding hydrogens is 352 g/mol. The SMILES string of the molecule is CN(C)Cc1ccccc1-c1ccc(N2C[C@@]3(C(N)=O)CCCN3C2=O)cc1. The average molecular weight is 378 g/mol. The van der Waals surface area contributed by atoms with Gasteiger partial charge in [-0.15, -0.1) is 0 Å². The minimum atomic E-state index is -0.853. The first kappa shape index (κ1) is 18.5. The van der Waals surface area contributed by atoms with Crippen LogP contribution in [0.15, 0.2) is 48.5 Å². The van der Waals surface area contributed by atoms with E-state index in [-0.39, 0.29) is 6.03 Å². The van der Waals surface area contributed by atoms with Crippen molar-refractivity contribution in [2.75, 3.05) is 32.1 Å². The number of carbonyl (C=O) groups is 2. The fraction of sp³-hybridized carbons (Fsp3) is 0.364. The molecule has 28 heavy (non-hydrogen) atoms. The van der Waals surface area contributed by atoms with Crippen molar-refractivity contribution in [1.29, 1.82) is 0 Å². The number of nitrogens with two attached hydrogens (primary N) is 1. The average Bonchev–Trinajstić information content (AvgIpc) is 3.22. The molecule has 2 fully saturated rings. The van der Waals surface area contributed by atoms with Gasteiger partial charge in [0.15, 0.2) is 0 Å². The Balaban J connectivity index is 1.62. The van der Waals surface area contributed by atoms with E-state index in [2.05, 4.69) is 37.2 Å². The minimum absolute atomic E-state index is 0.128. The highest BCUT2D eigenvalue weighted by Crippen LogP contribution is 2.39. The van der Waals surface area contributed by atoms with Gasteiger partial charge in [-0.05, 0) is 55.8 Å². The molecule has 1 atom stereocenters. The molecular formula is C22H26N4O2. The topological polar surface area (TPSA) is 69.9 Å². The molecule has 2 aromatic carbocycles. The molecule has 0 unspecified atom stereocenters. The highest BCUT2D eigenvalue weighted by molar-refractivity contribution is 6.03. The number of nitrogens with zero attached hydrogens (tertiary/aromatic N) is 3. The van der Waals surface area contributed by atoms with E-state index in [1.54, 1.807) is 9.80 Å². The first-order valence-corrected chi connectivity index (χ1v) is 9.64. The predicted molar refractivity (Wildman–Crippen MR) is 110 cm³/mol. The van der Waals surface area contributed by atoms with Crippen molar-refractivity contribution in [3.63, 3.8) is 0 Å². The maximum atomic E-state index is 12.9. The molecule has 4 rings (SSSR count). The zero-order valence-electron chi connectivity index (χ0n) is 16.4. The molecule has 0 aliphatic carbocycles. The molecule has 2 aromatic rings. The lowest BCUT2D eigenvalue weighted by molar-refractivity contribution is -0.125. The van der Waals surface area contributed by atoms with Crippen LogP contribution in [0, 0.1) is 0 Å². The molecule has 0 bridgehead atoms. The first-order valence-electron chi connectivity index (χ1n) is 9.64. The lowest BCUT2D eigenvalue weighted by Gasteiger charge is -2.25. The standard InChI is InChI=1S/C22H26N4O2/c1-24(2)14-17-6-3-4-7-19(17)16-8-10-18(11-9-16)25-15-22(20(23)27)12-5-13-26(22)21(25)28/h3-4,6-11H,5,12-15H2,1-2H3,(H2,23,27)/t22-/m1/s1. The van der Waals surface area contributed by atoms with Crippen molar-refractivity contribution >= 4 is 17.6 Å². The number of fused-ring (bicyclic) bond motifs is 1. The van der Waals surface area contributed by atoms with Crippen LogP contribution in [0.4, 0.5) is 10.5 Å². The van der Waals surface area contributed by atoms with E-state index >= 15 is 0 Å². The Bertz CT molecular complexity index is 909. The summed E-state index contributed by atoms with van der Waals surface area (Å²) in [5, 5.41) is 0. The van der Waals surface area contributed by atoms with Crippen LogP contribution >= 0.6 is 0 Å². The zero-order chi connectivity index (χ0) is 19.9. The fourth-order valence-corrected chi connectivity index (χ4v) is 4.43. The molecule has 2 aliphatic rings. The number of amides is 3. The maximum absolute atomic E-state index is 12.9. The van der Waals surface area contributed by atoms with Gasteiger partial charge in [0.2, 0.25) is 5.91 Å². The van der Waals surface area contributed by atoms with E-state index < -0.39 is 11.4 Å². The van der Waals surface area contributed by atoms with Gasteiger partial charge in [-0.1, -0.05) is 36.4 Å². The fourth-order valence-electron chi connectivity index (χ4n) is 4.43. The van der Waals surface area contributed by atoms with Gasteiger partial charge in [0.1, 0.15) is 5.54 Å². The van der Waals surface area contributed by atoms with Crippen LogP contribution in [0.5, 0.6) is 0 Å². The van der Waals surface area contributed by atoms with Crippen molar-refractivity contribution in [3.8, 4) is 11.1 Å². The number of benzene rings is 2. The van der Waals surface area contributed by atoms with E-state index in [1.807, 2.05) is 30.3 Å². The van der Waals surface area contributed by atoms with Gasteiger partial charge >= 0.3 is 6.03 Å². The van der Waals surface area contributed by atoms with E-state index in [1.165, 1.54) is 11.1 Å². The summed E-state index contributed by atoms with van der Waals surface area (Å²) >= 11 is 0. The summed E-state index contributed by atoms with van der Waals surface area (Å²) in [5.41, 5.74) is 9.17. The summed E-state index contributed by atoms with van der Waals surface area (Å²) in [4.78, 5) is 30.4. The van der Waals surface area contributed by atoms with Crippen LogP contribution in [0.1, 0.15) is 18.4 Å². The molecule has 2 N–H and O–H groups in total. The van der Waals surface area contributed by atoms with E-state index in [9.17, 15) is 9.59 Å². The van der Waals surface area contributed by atoms with Crippen molar-refractivity contribution in [2.45, 2.75) is 24.9 Å². The van der Waals surface area contributed by atoms with Gasteiger partial charge in [0.05, 0.1) is 6.54 Å². The second-order valence-corrected chi connectivity index (χ2v) is 7.96. The molecule has 2 heterocycles. The van der Waals surface area contributed by atoms with Gasteiger partial charge in [-0.25, -0.2) is 4.79 Å². The highest BCUT2D eigenvalue weighted by Gasteiger charge is 2.56. The van der Waals surface area contributed by atoms with E-state index in [0.717, 1.165) is 24.2 Å². The third kappa shape index (κ3) is 2.94. The summed E-state index contributed by atoms with van der Waals surface area (Å²) in [5.74, 6) is -0.407. The second kappa shape index (κ2) is 6.95. The molecule has 2 aliphatic heterocycles. The molecule has 2 saturated heterocycles. The second-order valence-electron chi connectivity index (χ2n) is 7.96. The lowest BCUT2D eigenvalue weighted by atomic mass is 9.96. The van der Waals surface area contributed by atoms with Crippen molar-refractivity contribution in [1.82, 2.24) is 9.80 Å². The normalized spacial score (nSPS) is 21.5. The Kier molecular flexibility index (Phi) is 4.59. The number of primary amides is 1. The monoisotopic (exact) mass is 378 g/mol. The summed E-state index contributed by atoms with van der Waals surface area (Å²) in [6.45, 7) is 1.78. The minimum Gasteiger partial charge on any atom is -0.368 e. The third-order valence-corrected chi connectivity index (χ3v) is 5.82. The van der Waals surface area contributed by atoms with E-state index in [0.29, 0.717) is 19.5 Å². The molecule has 6 heteroatoms. The van der Waals surface area contributed by atoms with Crippen LogP contribution in [0.2, 0.25) is 0 Å². The molecule has 146 valence electrons. The van der Waals surface area contributed by atoms with Gasteiger partial charge in [-0.3, -0.25) is 9.69 Å². The largest absolute Gasteiger partial charge is 0.368 e. The van der Waals surface area contributed by atoms with Gasteiger partial charge in [0.25, 0.3) is 0 Å². The Morgan fingerprint density at radius 3 is 2.50 bits per heavy atom. The maximum Gasteiger partial charge on any atom is 0.325 e. The quantitative estimate of drug-likeness (QED) is 0.870. The number of urea groups is 1. The first-order chi connectivity index (χ1) is 13.4. The molecule has 0 radical (unpaired) electrons. The Hall–Kier alpha value is -2.86. The highest BCUT2D eigenvalue weighted by atomic mass is 16.2. The van der Waals surface area contributed by atoms with E-state index in [4.69, 9.17) is 5.73 Å². The molecule has 0 saturated carbocycles. The Morgan fingerprint density at radius 1 is 1.14 bits per heavy atom. The summed E-state index contributed by atoms with van der Waals surface area (Å²) in [6.07, 6.45) is 1.46. The van der Waals surface area contributed by atoms with Crippen LogP contribution < -0.4 is 10.6 Å². The number of hydrogen-bond acceptors (Lipinski definition) is 3. The van der Waals surface area contributed by atoms with Crippen molar-refractivity contribution < 1.29 is 9.59 Å². The van der Waals surface area contributed by atoms with Gasteiger partial charge < -0.3 is 15.5 Å².